The van der Waals surface area contributed by atoms with Gasteiger partial charge in [-0.3, -0.25) is 4.79 Å². The third-order valence-electron chi connectivity index (χ3n) is 2.42. The Bertz CT molecular complexity index is 391. The average molecular weight is 363 g/mol. The van der Waals surface area contributed by atoms with E-state index in [4.69, 9.17) is 0 Å². The van der Waals surface area contributed by atoms with Crippen molar-refractivity contribution in [2.24, 2.45) is 5.92 Å². The molecule has 0 atom stereocenters. The van der Waals surface area contributed by atoms with E-state index in [1.165, 1.54) is 0 Å². The second-order valence-corrected chi connectivity index (χ2v) is 6.19. The lowest BCUT2D eigenvalue weighted by molar-refractivity contribution is 0.0952. The number of carbonyl (C=O) groups is 1. The van der Waals surface area contributed by atoms with E-state index in [0.717, 1.165) is 28.3 Å². The molecule has 1 amide bonds. The molecule has 0 radical (unpaired) electrons. The number of amides is 1. The van der Waals surface area contributed by atoms with Crippen molar-refractivity contribution >= 4 is 37.8 Å². The Hall–Kier alpha value is -0.350. The summed E-state index contributed by atoms with van der Waals surface area (Å²) in [6.45, 7) is 5.11. The molecule has 0 heterocycles. The van der Waals surface area contributed by atoms with E-state index >= 15 is 0 Å². The smallest absolute Gasteiger partial charge is 0.252 e. The summed E-state index contributed by atoms with van der Waals surface area (Å²) in [6.07, 6.45) is 2.17. The zero-order valence-electron chi connectivity index (χ0n) is 10.1. The summed E-state index contributed by atoms with van der Waals surface area (Å²) in [5.41, 5.74) is 0.678. The number of halogens is 2. The highest BCUT2D eigenvalue weighted by Crippen LogP contribution is 2.21. The molecule has 0 aromatic heterocycles. The highest BCUT2D eigenvalue weighted by Gasteiger charge is 2.09. The Morgan fingerprint density at radius 1 is 1.35 bits per heavy atom. The molecule has 1 aromatic rings. The standard InChI is InChI=1S/C13H17Br2NO/c1-9(2)4-3-7-16-13(17)11-6-5-10(14)8-12(11)15/h5-6,8-9H,3-4,7H2,1-2H3,(H,16,17). The van der Waals surface area contributed by atoms with Crippen LogP contribution in [0.15, 0.2) is 27.1 Å². The van der Waals surface area contributed by atoms with E-state index in [0.29, 0.717) is 11.5 Å². The van der Waals surface area contributed by atoms with Gasteiger partial charge < -0.3 is 5.32 Å². The first-order chi connectivity index (χ1) is 8.00. The summed E-state index contributed by atoms with van der Waals surface area (Å²) in [4.78, 5) is 11.9. The number of carbonyl (C=O) groups excluding carboxylic acids is 1. The molecule has 0 aliphatic rings. The van der Waals surface area contributed by atoms with Crippen LogP contribution < -0.4 is 5.32 Å². The Balaban J connectivity index is 2.47. The normalized spacial score (nSPS) is 10.6. The number of hydrogen-bond donors (Lipinski definition) is 1. The molecular formula is C13H17Br2NO. The first-order valence-corrected chi connectivity index (χ1v) is 7.32. The van der Waals surface area contributed by atoms with Crippen LogP contribution in [0.2, 0.25) is 0 Å². The van der Waals surface area contributed by atoms with Gasteiger partial charge in [0.15, 0.2) is 0 Å². The molecule has 94 valence electrons. The van der Waals surface area contributed by atoms with Crippen LogP contribution in [0.4, 0.5) is 0 Å². The molecule has 4 heteroatoms. The van der Waals surface area contributed by atoms with Gasteiger partial charge in [0.1, 0.15) is 0 Å². The molecule has 0 fully saturated rings. The maximum Gasteiger partial charge on any atom is 0.252 e. The second kappa shape index (κ2) is 7.17. The summed E-state index contributed by atoms with van der Waals surface area (Å²) < 4.78 is 1.77. The predicted molar refractivity (Wildman–Crippen MR) is 78.2 cm³/mol. The Morgan fingerprint density at radius 3 is 2.65 bits per heavy atom. The minimum absolute atomic E-state index is 0.0202. The lowest BCUT2D eigenvalue weighted by Crippen LogP contribution is -2.25. The Labute approximate surface area is 119 Å². The number of nitrogens with one attached hydrogen (secondary N) is 1. The molecule has 0 saturated heterocycles. The van der Waals surface area contributed by atoms with Crippen LogP contribution >= 0.6 is 31.9 Å². The van der Waals surface area contributed by atoms with Crippen LogP contribution in [-0.2, 0) is 0 Å². The second-order valence-electron chi connectivity index (χ2n) is 4.42. The molecular weight excluding hydrogens is 346 g/mol. The highest BCUT2D eigenvalue weighted by atomic mass is 79.9. The van der Waals surface area contributed by atoms with Gasteiger partial charge >= 0.3 is 0 Å². The molecule has 0 aliphatic heterocycles. The topological polar surface area (TPSA) is 29.1 Å². The lowest BCUT2D eigenvalue weighted by atomic mass is 10.1. The minimum atomic E-state index is -0.0202. The highest BCUT2D eigenvalue weighted by molar-refractivity contribution is 9.11. The van der Waals surface area contributed by atoms with E-state index in [1.54, 1.807) is 0 Å². The molecule has 1 aromatic carbocycles. The van der Waals surface area contributed by atoms with Crippen molar-refractivity contribution < 1.29 is 4.79 Å². The van der Waals surface area contributed by atoms with Crippen LogP contribution in [0.1, 0.15) is 37.0 Å². The summed E-state index contributed by atoms with van der Waals surface area (Å²) in [6, 6.07) is 5.56. The van der Waals surface area contributed by atoms with Gasteiger partial charge in [-0.15, -0.1) is 0 Å². The zero-order valence-corrected chi connectivity index (χ0v) is 13.3. The van der Waals surface area contributed by atoms with Crippen LogP contribution in [0.5, 0.6) is 0 Å². The van der Waals surface area contributed by atoms with E-state index in [9.17, 15) is 4.79 Å². The van der Waals surface area contributed by atoms with E-state index < -0.39 is 0 Å². The predicted octanol–water partition coefficient (Wildman–Crippen LogP) is 4.38. The third kappa shape index (κ3) is 5.21. The fourth-order valence-corrected chi connectivity index (χ4v) is 2.71. The molecule has 0 bridgehead atoms. The summed E-state index contributed by atoms with van der Waals surface area (Å²) in [5.74, 6) is 0.666. The molecule has 1 N–H and O–H groups in total. The van der Waals surface area contributed by atoms with Gasteiger partial charge in [0, 0.05) is 15.5 Å². The largest absolute Gasteiger partial charge is 0.352 e. The molecule has 0 aliphatic carbocycles. The first-order valence-electron chi connectivity index (χ1n) is 5.74. The average Bonchev–Trinajstić information content (AvgIpc) is 2.23. The number of rotatable bonds is 5. The third-order valence-corrected chi connectivity index (χ3v) is 3.57. The van der Waals surface area contributed by atoms with Gasteiger partial charge in [-0.2, -0.15) is 0 Å². The molecule has 1 rings (SSSR count). The van der Waals surface area contributed by atoms with Gasteiger partial charge in [-0.05, 0) is 52.9 Å². The van der Waals surface area contributed by atoms with Gasteiger partial charge in [-0.25, -0.2) is 0 Å². The summed E-state index contributed by atoms with van der Waals surface area (Å²) in [5, 5.41) is 2.93. The van der Waals surface area contributed by atoms with Crippen LogP contribution in [0.3, 0.4) is 0 Å². The minimum Gasteiger partial charge on any atom is -0.352 e. The quantitative estimate of drug-likeness (QED) is 0.774. The first kappa shape index (κ1) is 14.7. The lowest BCUT2D eigenvalue weighted by Gasteiger charge is -2.08. The van der Waals surface area contributed by atoms with Crippen molar-refractivity contribution in [3.05, 3.63) is 32.7 Å². The van der Waals surface area contributed by atoms with Crippen molar-refractivity contribution in [3.8, 4) is 0 Å². The van der Waals surface area contributed by atoms with E-state index in [2.05, 4.69) is 51.0 Å². The molecule has 17 heavy (non-hydrogen) atoms. The van der Waals surface area contributed by atoms with Gasteiger partial charge in [-0.1, -0.05) is 29.8 Å². The molecule has 0 saturated carbocycles. The zero-order chi connectivity index (χ0) is 12.8. The van der Waals surface area contributed by atoms with Crippen molar-refractivity contribution in [1.82, 2.24) is 5.32 Å². The molecule has 0 spiro atoms. The number of benzene rings is 1. The summed E-state index contributed by atoms with van der Waals surface area (Å²) >= 11 is 6.75. The molecule has 2 nitrogen and oxygen atoms in total. The maximum atomic E-state index is 11.9. The van der Waals surface area contributed by atoms with Crippen molar-refractivity contribution in [1.29, 1.82) is 0 Å². The van der Waals surface area contributed by atoms with E-state index in [1.807, 2.05) is 18.2 Å². The monoisotopic (exact) mass is 361 g/mol. The Kier molecular flexibility index (Phi) is 6.20. The Morgan fingerprint density at radius 2 is 2.06 bits per heavy atom. The van der Waals surface area contributed by atoms with Gasteiger partial charge in [0.25, 0.3) is 5.91 Å². The fourth-order valence-electron chi connectivity index (χ4n) is 1.48. The summed E-state index contributed by atoms with van der Waals surface area (Å²) in [7, 11) is 0. The van der Waals surface area contributed by atoms with Gasteiger partial charge in [0.2, 0.25) is 0 Å². The van der Waals surface area contributed by atoms with Gasteiger partial charge in [0.05, 0.1) is 5.56 Å². The van der Waals surface area contributed by atoms with E-state index in [-0.39, 0.29) is 5.91 Å². The SMILES string of the molecule is CC(C)CCCNC(=O)c1ccc(Br)cc1Br. The van der Waals surface area contributed by atoms with Crippen molar-refractivity contribution in [2.45, 2.75) is 26.7 Å². The maximum absolute atomic E-state index is 11.9. The molecule has 0 unspecified atom stereocenters. The van der Waals surface area contributed by atoms with Crippen molar-refractivity contribution in [3.63, 3.8) is 0 Å². The van der Waals surface area contributed by atoms with Crippen LogP contribution in [0, 0.1) is 5.92 Å². The number of hydrogen-bond acceptors (Lipinski definition) is 1. The van der Waals surface area contributed by atoms with Crippen molar-refractivity contribution in [2.75, 3.05) is 6.54 Å². The fraction of sp³-hybridized carbons (Fsp3) is 0.462. The van der Waals surface area contributed by atoms with Crippen LogP contribution in [0.25, 0.3) is 0 Å². The van der Waals surface area contributed by atoms with Crippen LogP contribution in [-0.4, -0.2) is 12.5 Å².